The summed E-state index contributed by atoms with van der Waals surface area (Å²) in [4.78, 5) is 26.1. The van der Waals surface area contributed by atoms with Crippen LogP contribution in [0.3, 0.4) is 0 Å². The highest BCUT2D eigenvalue weighted by molar-refractivity contribution is 7.89. The molecule has 1 saturated heterocycles. The molecule has 0 unspecified atom stereocenters. The van der Waals surface area contributed by atoms with E-state index in [4.69, 9.17) is 9.15 Å². The molecule has 11 heteroatoms. The highest BCUT2D eigenvalue weighted by Crippen LogP contribution is 2.32. The normalized spacial score (nSPS) is 14.4. The molecule has 1 aliphatic heterocycles. The zero-order chi connectivity index (χ0) is 26.0. The maximum absolute atomic E-state index is 13.2. The topological polar surface area (TPSA) is 118 Å². The molecule has 1 aliphatic rings. The predicted octanol–water partition coefficient (Wildman–Crippen LogP) is 4.10. The quantitative estimate of drug-likeness (QED) is 0.393. The first-order chi connectivity index (χ1) is 17.8. The third-order valence-electron chi connectivity index (χ3n) is 5.87. The summed E-state index contributed by atoms with van der Waals surface area (Å²) in [5, 5.41) is 5.85. The zero-order valence-electron chi connectivity index (χ0n) is 19.4. The first-order valence-electron chi connectivity index (χ1n) is 11.4. The molecular weight excluding hydrogens is 501 g/mol. The Morgan fingerprint density at radius 3 is 2.22 bits per heavy atom. The van der Waals surface area contributed by atoms with Gasteiger partial charge in [0.15, 0.2) is 0 Å². The zero-order valence-corrected chi connectivity index (χ0v) is 20.3. The average Bonchev–Trinajstić information content (AvgIpc) is 3.29. The second kappa shape index (κ2) is 10.1. The monoisotopic (exact) mass is 523 g/mol. The van der Waals surface area contributed by atoms with E-state index in [2.05, 4.69) is 10.6 Å². The van der Waals surface area contributed by atoms with E-state index in [-0.39, 0.29) is 35.0 Å². The molecule has 0 saturated carbocycles. The van der Waals surface area contributed by atoms with Crippen LogP contribution in [0, 0.1) is 5.82 Å². The van der Waals surface area contributed by atoms with Gasteiger partial charge in [-0.3, -0.25) is 9.59 Å². The molecular formula is C26H22FN3O6S. The van der Waals surface area contributed by atoms with Crippen molar-refractivity contribution in [2.45, 2.75) is 4.90 Å². The number of amides is 2. The van der Waals surface area contributed by atoms with Gasteiger partial charge in [-0.2, -0.15) is 4.31 Å². The number of sulfonamides is 1. The molecule has 2 amide bonds. The Hall–Kier alpha value is -4.06. The van der Waals surface area contributed by atoms with Gasteiger partial charge in [0, 0.05) is 29.7 Å². The van der Waals surface area contributed by atoms with Crippen molar-refractivity contribution in [3.05, 3.63) is 89.9 Å². The highest BCUT2D eigenvalue weighted by Gasteiger charge is 2.27. The van der Waals surface area contributed by atoms with Crippen molar-refractivity contribution in [3.8, 4) is 0 Å². The number of anilines is 2. The number of carbonyl (C=O) groups excluding carboxylic acids is 2. The van der Waals surface area contributed by atoms with Crippen molar-refractivity contribution < 1.29 is 31.6 Å². The number of halogens is 1. The molecule has 3 aromatic carbocycles. The molecule has 0 atom stereocenters. The van der Waals surface area contributed by atoms with Crippen LogP contribution in [0.2, 0.25) is 0 Å². The molecule has 0 spiro atoms. The number of hydrogen-bond donors (Lipinski definition) is 2. The van der Waals surface area contributed by atoms with Gasteiger partial charge in [-0.25, -0.2) is 12.8 Å². The summed E-state index contributed by atoms with van der Waals surface area (Å²) in [6, 6.07) is 17.6. The fourth-order valence-corrected chi connectivity index (χ4v) is 5.36. The van der Waals surface area contributed by atoms with Crippen molar-refractivity contribution in [3.63, 3.8) is 0 Å². The van der Waals surface area contributed by atoms with E-state index >= 15 is 0 Å². The number of carbonyl (C=O) groups is 2. The Morgan fingerprint density at radius 1 is 0.838 bits per heavy atom. The fourth-order valence-electron chi connectivity index (χ4n) is 3.95. The van der Waals surface area contributed by atoms with Crippen LogP contribution in [0.1, 0.15) is 20.9 Å². The second-order valence-corrected chi connectivity index (χ2v) is 10.2. The highest BCUT2D eigenvalue weighted by atomic mass is 32.2. The lowest BCUT2D eigenvalue weighted by Gasteiger charge is -2.26. The Bertz CT molecular complexity index is 1560. The van der Waals surface area contributed by atoms with Crippen LogP contribution in [0.5, 0.6) is 0 Å². The van der Waals surface area contributed by atoms with Crippen LogP contribution >= 0.6 is 0 Å². The molecule has 9 nitrogen and oxygen atoms in total. The Morgan fingerprint density at radius 2 is 1.51 bits per heavy atom. The smallest absolute Gasteiger partial charge is 0.293 e. The third kappa shape index (κ3) is 5.10. The minimum absolute atomic E-state index is 0.0686. The standard InChI is InChI=1S/C26H22FN3O6S/c27-18-7-9-19(10-8-18)28-26(32)24-23(21-3-1-2-4-22(21)36-24)29-25(31)17-5-11-20(12-6-17)37(33,34)30-13-15-35-16-14-30/h1-12H,13-16H2,(H,28,32)(H,29,31). The summed E-state index contributed by atoms with van der Waals surface area (Å²) in [6.45, 7) is 1.19. The van der Waals surface area contributed by atoms with Crippen molar-refractivity contribution in [2.75, 3.05) is 36.9 Å². The first-order valence-corrected chi connectivity index (χ1v) is 12.8. The SMILES string of the molecule is O=C(Nc1c(C(=O)Nc2ccc(F)cc2)oc2ccccc12)c1ccc(S(=O)(=O)N2CCOCC2)cc1. The van der Waals surface area contributed by atoms with Crippen molar-refractivity contribution >= 4 is 44.2 Å². The molecule has 0 bridgehead atoms. The summed E-state index contributed by atoms with van der Waals surface area (Å²) in [7, 11) is -3.70. The number of para-hydroxylation sites is 1. The second-order valence-electron chi connectivity index (χ2n) is 8.26. The van der Waals surface area contributed by atoms with E-state index in [9.17, 15) is 22.4 Å². The van der Waals surface area contributed by atoms with Gasteiger partial charge >= 0.3 is 0 Å². The summed E-state index contributed by atoms with van der Waals surface area (Å²) in [6.07, 6.45) is 0. The van der Waals surface area contributed by atoms with Crippen LogP contribution in [0.15, 0.2) is 82.1 Å². The number of ether oxygens (including phenoxy) is 1. The van der Waals surface area contributed by atoms with Gasteiger partial charge in [-0.1, -0.05) is 12.1 Å². The lowest BCUT2D eigenvalue weighted by molar-refractivity contribution is 0.0730. The minimum Gasteiger partial charge on any atom is -0.449 e. The number of rotatable bonds is 6. The van der Waals surface area contributed by atoms with E-state index in [0.29, 0.717) is 29.9 Å². The van der Waals surface area contributed by atoms with Crippen LogP contribution in [-0.4, -0.2) is 50.8 Å². The molecule has 190 valence electrons. The fraction of sp³-hybridized carbons (Fsp3) is 0.154. The maximum Gasteiger partial charge on any atom is 0.293 e. The van der Waals surface area contributed by atoms with Gasteiger partial charge < -0.3 is 19.8 Å². The number of fused-ring (bicyclic) bond motifs is 1. The van der Waals surface area contributed by atoms with Crippen LogP contribution in [-0.2, 0) is 14.8 Å². The first kappa shape index (κ1) is 24.6. The van der Waals surface area contributed by atoms with Gasteiger partial charge in [-0.05, 0) is 60.7 Å². The van der Waals surface area contributed by atoms with Gasteiger partial charge in [0.25, 0.3) is 11.8 Å². The van der Waals surface area contributed by atoms with Gasteiger partial charge in [0.2, 0.25) is 15.8 Å². The number of benzene rings is 3. The molecule has 1 aromatic heterocycles. The van der Waals surface area contributed by atoms with Crippen LogP contribution in [0.25, 0.3) is 11.0 Å². The number of furan rings is 1. The molecule has 5 rings (SSSR count). The van der Waals surface area contributed by atoms with E-state index in [1.807, 2.05) is 0 Å². The van der Waals surface area contributed by atoms with E-state index in [1.165, 1.54) is 52.8 Å². The van der Waals surface area contributed by atoms with Gasteiger partial charge in [0.1, 0.15) is 17.1 Å². The Labute approximate surface area is 211 Å². The van der Waals surface area contributed by atoms with E-state index < -0.39 is 27.7 Å². The number of morpholine rings is 1. The summed E-state index contributed by atoms with van der Waals surface area (Å²) in [5.41, 5.74) is 1.08. The Kier molecular flexibility index (Phi) is 6.74. The summed E-state index contributed by atoms with van der Waals surface area (Å²) in [5.74, 6) is -1.77. The summed E-state index contributed by atoms with van der Waals surface area (Å²) < 4.78 is 51.2. The molecule has 37 heavy (non-hydrogen) atoms. The van der Waals surface area contributed by atoms with Crippen molar-refractivity contribution in [2.24, 2.45) is 0 Å². The largest absolute Gasteiger partial charge is 0.449 e. The average molecular weight is 524 g/mol. The van der Waals surface area contributed by atoms with Crippen molar-refractivity contribution in [1.29, 1.82) is 0 Å². The van der Waals surface area contributed by atoms with Gasteiger partial charge in [0.05, 0.1) is 18.1 Å². The number of nitrogens with zero attached hydrogens (tertiary/aromatic N) is 1. The lowest BCUT2D eigenvalue weighted by Crippen LogP contribution is -2.40. The number of hydrogen-bond acceptors (Lipinski definition) is 6. The number of nitrogens with one attached hydrogen (secondary N) is 2. The van der Waals surface area contributed by atoms with Crippen molar-refractivity contribution in [1.82, 2.24) is 4.31 Å². The maximum atomic E-state index is 13.2. The summed E-state index contributed by atoms with van der Waals surface area (Å²) >= 11 is 0. The van der Waals surface area contributed by atoms with E-state index in [1.54, 1.807) is 24.3 Å². The lowest BCUT2D eigenvalue weighted by atomic mass is 10.1. The third-order valence-corrected chi connectivity index (χ3v) is 7.78. The predicted molar refractivity (Wildman–Crippen MR) is 135 cm³/mol. The molecule has 4 aromatic rings. The van der Waals surface area contributed by atoms with Crippen LogP contribution in [0.4, 0.5) is 15.8 Å². The molecule has 2 N–H and O–H groups in total. The molecule has 1 fully saturated rings. The molecule has 0 aliphatic carbocycles. The molecule has 2 heterocycles. The van der Waals surface area contributed by atoms with E-state index in [0.717, 1.165) is 0 Å². The molecule has 0 radical (unpaired) electrons. The van der Waals surface area contributed by atoms with Gasteiger partial charge in [-0.15, -0.1) is 0 Å². The minimum atomic E-state index is -3.70. The van der Waals surface area contributed by atoms with Crippen LogP contribution < -0.4 is 10.6 Å². The Balaban J connectivity index is 1.39.